The highest BCUT2D eigenvalue weighted by molar-refractivity contribution is 5.68. The summed E-state index contributed by atoms with van der Waals surface area (Å²) < 4.78 is 1.77. The minimum absolute atomic E-state index is 0.101. The molecule has 1 atom stereocenters. The van der Waals surface area contributed by atoms with Crippen LogP contribution in [0.5, 0.6) is 0 Å². The maximum Gasteiger partial charge on any atom is 0.303 e. The Bertz CT molecular complexity index is 579. The molecular formula is C13H18N4O2. The number of fused-ring (bicyclic) bond motifs is 1. The Morgan fingerprint density at radius 2 is 2.37 bits per heavy atom. The van der Waals surface area contributed by atoms with E-state index >= 15 is 0 Å². The normalized spacial score (nSPS) is 12.5. The van der Waals surface area contributed by atoms with Gasteiger partial charge >= 0.3 is 5.97 Å². The fourth-order valence-corrected chi connectivity index (χ4v) is 2.03. The van der Waals surface area contributed by atoms with Crippen molar-refractivity contribution in [2.45, 2.75) is 26.7 Å². The first kappa shape index (κ1) is 13.3. The van der Waals surface area contributed by atoms with Crippen LogP contribution in [0.1, 0.15) is 25.5 Å². The molecule has 0 radical (unpaired) electrons. The lowest BCUT2D eigenvalue weighted by atomic mass is 10.0. The molecule has 0 spiro atoms. The van der Waals surface area contributed by atoms with Crippen LogP contribution in [0.3, 0.4) is 0 Å². The van der Waals surface area contributed by atoms with E-state index in [0.29, 0.717) is 6.54 Å². The number of carboxylic acid groups (broad SMARTS) is 1. The Morgan fingerprint density at radius 3 is 3.05 bits per heavy atom. The average molecular weight is 262 g/mol. The third-order valence-corrected chi connectivity index (χ3v) is 3.11. The number of nitrogens with zero attached hydrogens (tertiary/aromatic N) is 3. The average Bonchev–Trinajstić information content (AvgIpc) is 2.74. The molecule has 0 amide bonds. The summed E-state index contributed by atoms with van der Waals surface area (Å²) in [5, 5.41) is 16.4. The molecule has 2 aromatic rings. The summed E-state index contributed by atoms with van der Waals surface area (Å²) in [6.07, 6.45) is 4.47. The summed E-state index contributed by atoms with van der Waals surface area (Å²) in [4.78, 5) is 15.0. The Labute approximate surface area is 111 Å². The van der Waals surface area contributed by atoms with Gasteiger partial charge in [-0.25, -0.2) is 9.50 Å². The van der Waals surface area contributed by atoms with E-state index in [0.717, 1.165) is 23.4 Å². The van der Waals surface area contributed by atoms with Gasteiger partial charge in [-0.2, -0.15) is 5.10 Å². The number of aryl methyl sites for hydroxylation is 1. The zero-order valence-electron chi connectivity index (χ0n) is 11.1. The van der Waals surface area contributed by atoms with E-state index in [1.54, 1.807) is 16.9 Å². The number of anilines is 1. The molecule has 0 aliphatic rings. The molecule has 102 valence electrons. The van der Waals surface area contributed by atoms with Crippen molar-refractivity contribution in [1.29, 1.82) is 0 Å². The topological polar surface area (TPSA) is 79.5 Å². The maximum atomic E-state index is 10.7. The number of rotatable bonds is 6. The van der Waals surface area contributed by atoms with E-state index in [1.807, 2.05) is 19.9 Å². The second-order valence-electron chi connectivity index (χ2n) is 4.64. The van der Waals surface area contributed by atoms with Crippen LogP contribution in [-0.2, 0) is 4.79 Å². The van der Waals surface area contributed by atoms with Gasteiger partial charge in [0.15, 0.2) is 5.82 Å². The van der Waals surface area contributed by atoms with Crippen molar-refractivity contribution in [3.8, 4) is 0 Å². The van der Waals surface area contributed by atoms with Gasteiger partial charge in [0.2, 0.25) is 0 Å². The molecule has 0 saturated heterocycles. The van der Waals surface area contributed by atoms with Gasteiger partial charge in [-0.3, -0.25) is 4.79 Å². The maximum absolute atomic E-state index is 10.7. The van der Waals surface area contributed by atoms with E-state index in [4.69, 9.17) is 5.11 Å². The molecule has 0 saturated carbocycles. The van der Waals surface area contributed by atoms with Crippen molar-refractivity contribution in [1.82, 2.24) is 14.6 Å². The van der Waals surface area contributed by atoms with Crippen molar-refractivity contribution in [2.75, 3.05) is 11.9 Å². The van der Waals surface area contributed by atoms with Gasteiger partial charge in [-0.05, 0) is 18.9 Å². The van der Waals surface area contributed by atoms with E-state index in [2.05, 4.69) is 15.4 Å². The third kappa shape index (κ3) is 3.21. The summed E-state index contributed by atoms with van der Waals surface area (Å²) >= 11 is 0. The standard InChI is InChI=1S/C13H18N4O2/c1-3-10(7-12(18)19)8-15-13-11-6-9(2)16-17(11)5-4-14-13/h4-6,10H,3,7-8H2,1-2H3,(H,14,15)(H,18,19). The van der Waals surface area contributed by atoms with Crippen LogP contribution in [0, 0.1) is 12.8 Å². The van der Waals surface area contributed by atoms with Crippen molar-refractivity contribution < 1.29 is 9.90 Å². The highest BCUT2D eigenvalue weighted by atomic mass is 16.4. The number of carboxylic acids is 1. The Kier molecular flexibility index (Phi) is 3.99. The summed E-state index contributed by atoms with van der Waals surface area (Å²) in [6, 6.07) is 1.95. The van der Waals surface area contributed by atoms with Crippen molar-refractivity contribution >= 4 is 17.3 Å². The predicted octanol–water partition coefficient (Wildman–Crippen LogP) is 1.95. The van der Waals surface area contributed by atoms with Gasteiger partial charge in [0.25, 0.3) is 0 Å². The van der Waals surface area contributed by atoms with Gasteiger partial charge in [0.05, 0.1) is 5.69 Å². The van der Waals surface area contributed by atoms with Gasteiger partial charge in [-0.1, -0.05) is 13.3 Å². The Morgan fingerprint density at radius 1 is 1.58 bits per heavy atom. The van der Waals surface area contributed by atoms with Crippen LogP contribution < -0.4 is 5.32 Å². The van der Waals surface area contributed by atoms with Crippen LogP contribution in [0.15, 0.2) is 18.5 Å². The zero-order valence-corrected chi connectivity index (χ0v) is 11.1. The lowest BCUT2D eigenvalue weighted by Crippen LogP contribution is -2.18. The minimum Gasteiger partial charge on any atom is -0.481 e. The summed E-state index contributed by atoms with van der Waals surface area (Å²) in [6.45, 7) is 4.52. The summed E-state index contributed by atoms with van der Waals surface area (Å²) in [5.74, 6) is 0.0792. The monoisotopic (exact) mass is 262 g/mol. The number of hydrogen-bond acceptors (Lipinski definition) is 4. The summed E-state index contributed by atoms with van der Waals surface area (Å²) in [7, 11) is 0. The molecule has 19 heavy (non-hydrogen) atoms. The fraction of sp³-hybridized carbons (Fsp3) is 0.462. The van der Waals surface area contributed by atoms with Crippen LogP contribution in [0.4, 0.5) is 5.82 Å². The Balaban J connectivity index is 2.10. The first-order valence-corrected chi connectivity index (χ1v) is 6.36. The highest BCUT2D eigenvalue weighted by Gasteiger charge is 2.12. The predicted molar refractivity (Wildman–Crippen MR) is 72.2 cm³/mol. The number of hydrogen-bond donors (Lipinski definition) is 2. The molecule has 0 aromatic carbocycles. The van der Waals surface area contributed by atoms with E-state index in [-0.39, 0.29) is 12.3 Å². The molecule has 6 heteroatoms. The van der Waals surface area contributed by atoms with Gasteiger partial charge in [-0.15, -0.1) is 0 Å². The van der Waals surface area contributed by atoms with Crippen LogP contribution in [0.2, 0.25) is 0 Å². The number of aliphatic carboxylic acids is 1. The first-order chi connectivity index (χ1) is 9.10. The second-order valence-corrected chi connectivity index (χ2v) is 4.64. The summed E-state index contributed by atoms with van der Waals surface area (Å²) in [5.41, 5.74) is 1.83. The van der Waals surface area contributed by atoms with E-state index < -0.39 is 5.97 Å². The van der Waals surface area contributed by atoms with Crippen LogP contribution in [0.25, 0.3) is 5.52 Å². The molecule has 0 fully saturated rings. The molecule has 1 unspecified atom stereocenters. The molecule has 0 bridgehead atoms. The Hall–Kier alpha value is -2.11. The molecule has 2 N–H and O–H groups in total. The molecule has 2 heterocycles. The molecule has 6 nitrogen and oxygen atoms in total. The first-order valence-electron chi connectivity index (χ1n) is 6.36. The third-order valence-electron chi connectivity index (χ3n) is 3.11. The lowest BCUT2D eigenvalue weighted by Gasteiger charge is -2.14. The zero-order chi connectivity index (χ0) is 13.8. The molecule has 2 rings (SSSR count). The van der Waals surface area contributed by atoms with Gasteiger partial charge < -0.3 is 10.4 Å². The van der Waals surface area contributed by atoms with Gasteiger partial charge in [0, 0.05) is 25.4 Å². The number of carbonyl (C=O) groups is 1. The van der Waals surface area contributed by atoms with E-state index in [1.165, 1.54) is 0 Å². The molecule has 2 aromatic heterocycles. The number of aromatic nitrogens is 3. The molecule has 0 aliphatic heterocycles. The van der Waals surface area contributed by atoms with E-state index in [9.17, 15) is 4.79 Å². The molecule has 0 aliphatic carbocycles. The largest absolute Gasteiger partial charge is 0.481 e. The lowest BCUT2D eigenvalue weighted by molar-refractivity contribution is -0.138. The number of nitrogens with one attached hydrogen (secondary N) is 1. The molecular weight excluding hydrogens is 244 g/mol. The van der Waals surface area contributed by atoms with Gasteiger partial charge in [0.1, 0.15) is 5.52 Å². The SMILES string of the molecule is CCC(CNc1nccn2nc(C)cc12)CC(=O)O. The van der Waals surface area contributed by atoms with Crippen molar-refractivity contribution in [2.24, 2.45) is 5.92 Å². The van der Waals surface area contributed by atoms with Crippen LogP contribution in [-0.4, -0.2) is 32.2 Å². The van der Waals surface area contributed by atoms with Crippen molar-refractivity contribution in [3.05, 3.63) is 24.2 Å². The fourth-order valence-electron chi connectivity index (χ4n) is 2.03. The highest BCUT2D eigenvalue weighted by Crippen LogP contribution is 2.16. The van der Waals surface area contributed by atoms with Crippen molar-refractivity contribution in [3.63, 3.8) is 0 Å². The van der Waals surface area contributed by atoms with Crippen LogP contribution >= 0.6 is 0 Å². The smallest absolute Gasteiger partial charge is 0.303 e. The minimum atomic E-state index is -0.764. The second kappa shape index (κ2) is 5.69. The quantitative estimate of drug-likeness (QED) is 0.831.